The molecule has 1 amide bonds. The number of rotatable bonds is 11. The van der Waals surface area contributed by atoms with E-state index in [0.717, 1.165) is 53.6 Å². The van der Waals surface area contributed by atoms with E-state index in [1.807, 2.05) is 50.5 Å². The van der Waals surface area contributed by atoms with Crippen LogP contribution in [0.25, 0.3) is 10.9 Å². The highest BCUT2D eigenvalue weighted by Gasteiger charge is 2.30. The molecule has 0 radical (unpaired) electrons. The van der Waals surface area contributed by atoms with E-state index in [9.17, 15) is 15.0 Å². The Labute approximate surface area is 249 Å². The Morgan fingerprint density at radius 2 is 1.57 bits per heavy atom. The smallest absolute Gasteiger partial charge is 0.268 e. The monoisotopic (exact) mass is 568 g/mol. The molecule has 1 unspecified atom stereocenters. The van der Waals surface area contributed by atoms with Crippen LogP contribution in [-0.2, 0) is 6.54 Å². The van der Waals surface area contributed by atoms with Crippen molar-refractivity contribution in [3.05, 3.63) is 95.2 Å². The molecule has 0 saturated carbocycles. The minimum atomic E-state index is -0.286. The molecule has 2 heterocycles. The number of carbonyl (C=O) groups excluding carboxylic acids is 1. The number of amides is 1. The van der Waals surface area contributed by atoms with Gasteiger partial charge in [-0.15, -0.1) is 0 Å². The van der Waals surface area contributed by atoms with E-state index in [1.54, 1.807) is 24.3 Å². The number of likely N-dealkylation sites (tertiary alicyclic amines) is 1. The second-order valence-corrected chi connectivity index (χ2v) is 11.8. The van der Waals surface area contributed by atoms with Crippen LogP contribution < -0.4 is 5.32 Å². The summed E-state index contributed by atoms with van der Waals surface area (Å²) < 4.78 is 2.17. The van der Waals surface area contributed by atoms with Gasteiger partial charge >= 0.3 is 0 Å². The summed E-state index contributed by atoms with van der Waals surface area (Å²) in [6.07, 6.45) is 4.71. The minimum absolute atomic E-state index is 0.0748. The van der Waals surface area contributed by atoms with Crippen molar-refractivity contribution in [3.8, 4) is 11.5 Å². The van der Waals surface area contributed by atoms with Crippen LogP contribution >= 0.6 is 0 Å². The molecule has 4 aromatic rings. The van der Waals surface area contributed by atoms with Gasteiger partial charge in [0, 0.05) is 54.6 Å². The second-order valence-electron chi connectivity index (χ2n) is 11.8. The number of piperidine rings is 1. The second kappa shape index (κ2) is 13.4. The molecule has 1 aromatic heterocycles. The van der Waals surface area contributed by atoms with Gasteiger partial charge in [-0.25, -0.2) is 0 Å². The van der Waals surface area contributed by atoms with Crippen molar-refractivity contribution >= 4 is 16.8 Å². The number of para-hydroxylation sites is 1. The van der Waals surface area contributed by atoms with E-state index in [1.165, 1.54) is 19.3 Å². The molecule has 1 aliphatic rings. The fraction of sp³-hybridized carbons (Fsp3) is 0.400. The lowest BCUT2D eigenvalue weighted by atomic mass is 9.83. The SMILES string of the molecule is CC1CCCCN1CCCNC(=O)c1c(C(c2ccc(O)cc2)c2ccc(O)cc2)c2ccccc2n1CCN(C)C. The molecule has 42 heavy (non-hydrogen) atoms. The van der Waals surface area contributed by atoms with Gasteiger partial charge in [0.1, 0.15) is 17.2 Å². The van der Waals surface area contributed by atoms with E-state index in [4.69, 9.17) is 0 Å². The molecule has 1 aliphatic heterocycles. The third-order valence-corrected chi connectivity index (χ3v) is 8.59. The first kappa shape index (κ1) is 29.7. The third-order valence-electron chi connectivity index (χ3n) is 8.59. The van der Waals surface area contributed by atoms with Gasteiger partial charge in [0.05, 0.1) is 0 Å². The summed E-state index contributed by atoms with van der Waals surface area (Å²) in [5, 5.41) is 24.5. The number of nitrogens with one attached hydrogen (secondary N) is 1. The number of benzene rings is 3. The maximum Gasteiger partial charge on any atom is 0.268 e. The van der Waals surface area contributed by atoms with Crippen molar-refractivity contribution in [3.63, 3.8) is 0 Å². The Hall–Kier alpha value is -3.81. The number of nitrogens with zero attached hydrogens (tertiary/aromatic N) is 3. The molecular weight excluding hydrogens is 524 g/mol. The molecule has 0 aliphatic carbocycles. The molecule has 5 rings (SSSR count). The summed E-state index contributed by atoms with van der Waals surface area (Å²) in [5.74, 6) is 0.0241. The first-order chi connectivity index (χ1) is 20.3. The van der Waals surface area contributed by atoms with Crippen LogP contribution in [0, 0.1) is 0 Å². The van der Waals surface area contributed by atoms with Gasteiger partial charge in [0.2, 0.25) is 0 Å². The van der Waals surface area contributed by atoms with Gasteiger partial charge in [-0.1, -0.05) is 48.9 Å². The summed E-state index contributed by atoms with van der Waals surface area (Å²) in [4.78, 5) is 18.9. The Morgan fingerprint density at radius 1 is 0.929 bits per heavy atom. The molecule has 7 heteroatoms. The molecule has 3 N–H and O–H groups in total. The van der Waals surface area contributed by atoms with Gasteiger partial charge in [-0.3, -0.25) is 4.79 Å². The number of hydrogen-bond donors (Lipinski definition) is 3. The largest absolute Gasteiger partial charge is 0.508 e. The number of fused-ring (bicyclic) bond motifs is 1. The third kappa shape index (κ3) is 6.63. The van der Waals surface area contributed by atoms with Crippen molar-refractivity contribution in [1.29, 1.82) is 0 Å². The van der Waals surface area contributed by atoms with Gasteiger partial charge in [0.15, 0.2) is 0 Å². The predicted octanol–water partition coefficient (Wildman–Crippen LogP) is 5.79. The van der Waals surface area contributed by atoms with E-state index in [2.05, 4.69) is 38.7 Å². The summed E-state index contributed by atoms with van der Waals surface area (Å²) in [6, 6.07) is 23.3. The normalized spacial score (nSPS) is 16.0. The van der Waals surface area contributed by atoms with Crippen molar-refractivity contribution in [2.75, 3.05) is 40.3 Å². The molecule has 0 bridgehead atoms. The lowest BCUT2D eigenvalue weighted by molar-refractivity contribution is 0.0938. The van der Waals surface area contributed by atoms with Crippen molar-refractivity contribution in [2.24, 2.45) is 0 Å². The number of aromatic hydroxyl groups is 2. The molecule has 1 fully saturated rings. The summed E-state index contributed by atoms with van der Waals surface area (Å²) in [7, 11) is 4.09. The molecule has 7 nitrogen and oxygen atoms in total. The summed E-state index contributed by atoms with van der Waals surface area (Å²) >= 11 is 0. The number of phenolic OH excluding ortho intramolecular Hbond substituents is 2. The predicted molar refractivity (Wildman–Crippen MR) is 169 cm³/mol. The van der Waals surface area contributed by atoms with Crippen molar-refractivity contribution < 1.29 is 15.0 Å². The van der Waals surface area contributed by atoms with E-state index in [-0.39, 0.29) is 23.3 Å². The van der Waals surface area contributed by atoms with Gasteiger partial charge < -0.3 is 29.9 Å². The lowest BCUT2D eigenvalue weighted by Crippen LogP contribution is -2.39. The number of hydrogen-bond acceptors (Lipinski definition) is 5. The average molecular weight is 569 g/mol. The minimum Gasteiger partial charge on any atom is -0.508 e. The molecule has 1 atom stereocenters. The molecule has 3 aromatic carbocycles. The van der Waals surface area contributed by atoms with Gasteiger partial charge in [-0.2, -0.15) is 0 Å². The first-order valence-corrected chi connectivity index (χ1v) is 15.2. The molecule has 1 saturated heterocycles. The number of phenols is 2. The van der Waals surface area contributed by atoms with Crippen LogP contribution in [-0.4, -0.2) is 76.8 Å². The van der Waals surface area contributed by atoms with Crippen LogP contribution in [0.1, 0.15) is 65.7 Å². The van der Waals surface area contributed by atoms with E-state index < -0.39 is 0 Å². The quantitative estimate of drug-likeness (QED) is 0.200. The van der Waals surface area contributed by atoms with E-state index >= 15 is 0 Å². The fourth-order valence-electron chi connectivity index (χ4n) is 6.32. The number of likely N-dealkylation sites (N-methyl/N-ethyl adjacent to an activating group) is 1. The van der Waals surface area contributed by atoms with Crippen molar-refractivity contribution in [2.45, 2.75) is 51.1 Å². The zero-order chi connectivity index (χ0) is 29.6. The standard InChI is InChI=1S/C35H44N4O3/c1-25-9-6-7-21-38(25)22-8-20-36-35(42)34-33(30-10-4-5-11-31(30)39(34)24-23-37(2)3)32(26-12-16-28(40)17-13-26)27-14-18-29(41)19-15-27/h4-5,10-19,25,32,40-41H,6-9,20-24H2,1-3H3,(H,36,42). The average Bonchev–Trinajstić information content (AvgIpc) is 3.31. The first-order valence-electron chi connectivity index (χ1n) is 15.2. The number of carbonyl (C=O) groups is 1. The fourth-order valence-corrected chi connectivity index (χ4v) is 6.32. The van der Waals surface area contributed by atoms with Gasteiger partial charge in [0.25, 0.3) is 5.91 Å². The molecule has 222 valence electrons. The van der Waals surface area contributed by atoms with Crippen LogP contribution in [0.4, 0.5) is 0 Å². The van der Waals surface area contributed by atoms with Crippen LogP contribution in [0.5, 0.6) is 11.5 Å². The maximum atomic E-state index is 14.3. The Bertz CT molecular complexity index is 1430. The molecule has 0 spiro atoms. The van der Waals surface area contributed by atoms with Crippen LogP contribution in [0.15, 0.2) is 72.8 Å². The van der Waals surface area contributed by atoms with E-state index in [0.29, 0.717) is 24.8 Å². The topological polar surface area (TPSA) is 81.0 Å². The van der Waals surface area contributed by atoms with Crippen LogP contribution in [0.3, 0.4) is 0 Å². The maximum absolute atomic E-state index is 14.3. The Kier molecular flexibility index (Phi) is 9.50. The Balaban J connectivity index is 1.57. The highest BCUT2D eigenvalue weighted by molar-refractivity contribution is 6.02. The lowest BCUT2D eigenvalue weighted by Gasteiger charge is -2.33. The van der Waals surface area contributed by atoms with Gasteiger partial charge in [-0.05, 0) is 88.3 Å². The Morgan fingerprint density at radius 3 is 2.19 bits per heavy atom. The summed E-state index contributed by atoms with van der Waals surface area (Å²) in [6.45, 7) is 6.49. The highest BCUT2D eigenvalue weighted by atomic mass is 16.3. The number of aromatic nitrogens is 1. The zero-order valence-electron chi connectivity index (χ0n) is 25.1. The highest BCUT2D eigenvalue weighted by Crippen LogP contribution is 2.41. The zero-order valence-corrected chi connectivity index (χ0v) is 25.1. The molecular formula is C35H44N4O3. The van der Waals surface area contributed by atoms with Crippen molar-refractivity contribution in [1.82, 2.24) is 19.7 Å². The summed E-state index contributed by atoms with van der Waals surface area (Å²) in [5.41, 5.74) is 4.53. The van der Waals surface area contributed by atoms with Crippen LogP contribution in [0.2, 0.25) is 0 Å².